The normalized spacial score (nSPS) is 16.7. The molecule has 2 aliphatic rings. The lowest BCUT2D eigenvalue weighted by atomic mass is 9.97. The van der Waals surface area contributed by atoms with E-state index in [0.29, 0.717) is 34.8 Å². The van der Waals surface area contributed by atoms with Gasteiger partial charge in [0.05, 0.1) is 42.4 Å². The van der Waals surface area contributed by atoms with Gasteiger partial charge in [0, 0.05) is 0 Å². The molecule has 0 radical (unpaired) electrons. The Kier molecular flexibility index (Phi) is 6.41. The first-order valence-corrected chi connectivity index (χ1v) is 12.3. The average molecular weight is 469 g/mol. The minimum atomic E-state index is -0.724. The fourth-order valence-electron chi connectivity index (χ4n) is 5.13. The summed E-state index contributed by atoms with van der Waals surface area (Å²) in [6.45, 7) is 2.35. The van der Waals surface area contributed by atoms with E-state index in [2.05, 4.69) is 6.07 Å². The van der Waals surface area contributed by atoms with Crippen LogP contribution in [0.3, 0.4) is 0 Å². The largest absolute Gasteiger partial charge is 0.490 e. The Labute approximate surface area is 205 Å². The van der Waals surface area contributed by atoms with Crippen LogP contribution in [-0.4, -0.2) is 29.4 Å². The fraction of sp³-hybridized carbons (Fsp3) is 0.345. The van der Waals surface area contributed by atoms with Crippen molar-refractivity contribution < 1.29 is 19.1 Å². The van der Waals surface area contributed by atoms with Gasteiger partial charge in [0.2, 0.25) is 0 Å². The highest BCUT2D eigenvalue weighted by atomic mass is 16.5. The van der Waals surface area contributed by atoms with Gasteiger partial charge in [-0.2, -0.15) is 5.26 Å². The first-order valence-electron chi connectivity index (χ1n) is 12.3. The van der Waals surface area contributed by atoms with E-state index in [1.807, 2.05) is 49.4 Å². The van der Waals surface area contributed by atoms with Gasteiger partial charge < -0.3 is 9.47 Å². The van der Waals surface area contributed by atoms with E-state index in [9.17, 15) is 14.9 Å². The van der Waals surface area contributed by atoms with Crippen molar-refractivity contribution in [3.63, 3.8) is 0 Å². The maximum absolute atomic E-state index is 13.4. The molecule has 0 spiro atoms. The van der Waals surface area contributed by atoms with Gasteiger partial charge in [0.25, 0.3) is 11.8 Å². The van der Waals surface area contributed by atoms with E-state index in [1.54, 1.807) is 12.1 Å². The van der Waals surface area contributed by atoms with Gasteiger partial charge >= 0.3 is 0 Å². The third-order valence-electron chi connectivity index (χ3n) is 6.88. The molecule has 0 aromatic heterocycles. The summed E-state index contributed by atoms with van der Waals surface area (Å²) in [6, 6.07) is 18.1. The van der Waals surface area contributed by atoms with Gasteiger partial charge in [-0.15, -0.1) is 0 Å². The molecule has 178 valence electrons. The maximum Gasteiger partial charge on any atom is 0.262 e. The van der Waals surface area contributed by atoms with Gasteiger partial charge in [-0.1, -0.05) is 36.8 Å². The van der Waals surface area contributed by atoms with E-state index in [0.717, 1.165) is 36.5 Å². The molecule has 6 heteroatoms. The number of ether oxygens (including phenoxy) is 2. The van der Waals surface area contributed by atoms with Crippen molar-refractivity contribution in [2.75, 3.05) is 6.61 Å². The van der Waals surface area contributed by atoms with Gasteiger partial charge in [0.1, 0.15) is 0 Å². The smallest absolute Gasteiger partial charge is 0.262 e. The van der Waals surface area contributed by atoms with Crippen molar-refractivity contribution in [3.05, 3.63) is 71.3 Å². The highest BCUT2D eigenvalue weighted by Crippen LogP contribution is 2.39. The lowest BCUT2D eigenvalue weighted by Crippen LogP contribution is -2.34. The van der Waals surface area contributed by atoms with Crippen LogP contribution >= 0.6 is 0 Å². The number of imide groups is 1. The number of nitriles is 1. The molecule has 35 heavy (non-hydrogen) atoms. The average Bonchev–Trinajstić information content (AvgIpc) is 3.12. The number of hydrogen-bond donors (Lipinski definition) is 0. The molecule has 1 atom stereocenters. The second-order valence-corrected chi connectivity index (χ2v) is 9.12. The molecule has 1 aliphatic heterocycles. The highest BCUT2D eigenvalue weighted by Gasteiger charge is 2.41. The second kappa shape index (κ2) is 9.79. The van der Waals surface area contributed by atoms with Crippen LogP contribution in [-0.2, 0) is 0 Å². The van der Waals surface area contributed by atoms with Crippen LogP contribution in [0.2, 0.25) is 0 Å². The van der Waals surface area contributed by atoms with Crippen molar-refractivity contribution >= 4 is 22.6 Å². The van der Waals surface area contributed by atoms with E-state index in [4.69, 9.17) is 9.47 Å². The Hall–Kier alpha value is -3.85. The van der Waals surface area contributed by atoms with Crippen molar-refractivity contribution in [3.8, 4) is 17.6 Å². The number of amides is 2. The Morgan fingerprint density at radius 2 is 1.60 bits per heavy atom. The summed E-state index contributed by atoms with van der Waals surface area (Å²) in [5.74, 6) is 0.473. The summed E-state index contributed by atoms with van der Waals surface area (Å²) in [7, 11) is 0. The summed E-state index contributed by atoms with van der Waals surface area (Å²) in [5.41, 5.74) is 1.42. The number of carbonyl (C=O) groups is 2. The zero-order chi connectivity index (χ0) is 24.4. The number of rotatable bonds is 7. The number of hydrogen-bond acceptors (Lipinski definition) is 5. The topological polar surface area (TPSA) is 79.6 Å². The van der Waals surface area contributed by atoms with Crippen molar-refractivity contribution in [2.45, 2.75) is 57.6 Å². The lowest BCUT2D eigenvalue weighted by molar-refractivity contribution is 0.0584. The zero-order valence-corrected chi connectivity index (χ0v) is 19.8. The molecule has 6 nitrogen and oxygen atoms in total. The van der Waals surface area contributed by atoms with Crippen LogP contribution in [0, 0.1) is 11.3 Å². The zero-order valence-electron chi connectivity index (χ0n) is 19.8. The summed E-state index contributed by atoms with van der Waals surface area (Å²) < 4.78 is 12.1. The molecule has 3 aromatic rings. The van der Waals surface area contributed by atoms with Gasteiger partial charge in [-0.05, 0) is 73.2 Å². The molecular formula is C29H28N2O4. The monoisotopic (exact) mass is 468 g/mol. The van der Waals surface area contributed by atoms with Crippen LogP contribution in [0.1, 0.15) is 77.8 Å². The number of benzene rings is 3. The third-order valence-corrected chi connectivity index (χ3v) is 6.88. The second-order valence-electron chi connectivity index (χ2n) is 9.12. The number of carbonyl (C=O) groups excluding carboxylic acids is 2. The molecule has 1 fully saturated rings. The minimum Gasteiger partial charge on any atom is -0.490 e. The van der Waals surface area contributed by atoms with Crippen LogP contribution in [0.25, 0.3) is 10.8 Å². The Balaban J connectivity index is 1.49. The SMILES string of the molecule is CCOc1cc(C(CC#N)N2C(=O)c3cc4ccccc4cc3C2=O)ccc1OC1CCCCC1. The van der Waals surface area contributed by atoms with Gasteiger partial charge in [-0.3, -0.25) is 14.5 Å². The van der Waals surface area contributed by atoms with Crippen molar-refractivity contribution in [2.24, 2.45) is 0 Å². The predicted molar refractivity (Wildman–Crippen MR) is 133 cm³/mol. The summed E-state index contributed by atoms with van der Waals surface area (Å²) >= 11 is 0. The quantitative estimate of drug-likeness (QED) is 0.386. The van der Waals surface area contributed by atoms with Gasteiger partial charge in [0.15, 0.2) is 11.5 Å². The first kappa shape index (κ1) is 22.9. The van der Waals surface area contributed by atoms with E-state index >= 15 is 0 Å². The molecular weight excluding hydrogens is 440 g/mol. The van der Waals surface area contributed by atoms with E-state index < -0.39 is 6.04 Å². The van der Waals surface area contributed by atoms with E-state index in [1.165, 1.54) is 11.3 Å². The Morgan fingerprint density at radius 1 is 0.943 bits per heavy atom. The molecule has 3 aromatic carbocycles. The molecule has 1 unspecified atom stereocenters. The molecule has 0 N–H and O–H groups in total. The maximum atomic E-state index is 13.4. The van der Waals surface area contributed by atoms with Crippen LogP contribution < -0.4 is 9.47 Å². The van der Waals surface area contributed by atoms with E-state index in [-0.39, 0.29) is 24.3 Å². The lowest BCUT2D eigenvalue weighted by Gasteiger charge is -2.27. The number of nitrogens with zero attached hydrogens (tertiary/aromatic N) is 2. The predicted octanol–water partition coefficient (Wildman–Crippen LogP) is 6.20. The standard InChI is InChI=1S/C29H28N2O4/c1-2-34-27-18-21(12-13-26(27)35-22-10-4-3-5-11-22)25(14-15-30)31-28(32)23-16-19-8-6-7-9-20(19)17-24(23)29(31)33/h6-9,12-13,16-18,22,25H,2-5,10-11,14H2,1H3. The first-order chi connectivity index (χ1) is 17.1. The molecule has 5 rings (SSSR count). The highest BCUT2D eigenvalue weighted by molar-refractivity contribution is 6.23. The molecule has 0 bridgehead atoms. The number of fused-ring (bicyclic) bond motifs is 2. The Bertz CT molecular complexity index is 1270. The molecule has 1 aliphatic carbocycles. The van der Waals surface area contributed by atoms with Crippen molar-refractivity contribution in [1.29, 1.82) is 5.26 Å². The molecule has 2 amide bonds. The minimum absolute atomic E-state index is 0.0145. The summed E-state index contributed by atoms with van der Waals surface area (Å²) in [6.07, 6.45) is 5.75. The molecule has 1 heterocycles. The Morgan fingerprint density at radius 3 is 2.20 bits per heavy atom. The van der Waals surface area contributed by atoms with Crippen molar-refractivity contribution in [1.82, 2.24) is 4.90 Å². The molecule has 0 saturated heterocycles. The van der Waals surface area contributed by atoms with Crippen LogP contribution in [0.15, 0.2) is 54.6 Å². The third kappa shape index (κ3) is 4.35. The summed E-state index contributed by atoms with van der Waals surface area (Å²) in [4.78, 5) is 28.1. The van der Waals surface area contributed by atoms with Crippen LogP contribution in [0.5, 0.6) is 11.5 Å². The fourth-order valence-corrected chi connectivity index (χ4v) is 5.13. The summed E-state index contributed by atoms with van der Waals surface area (Å²) in [5, 5.41) is 11.4. The molecule has 1 saturated carbocycles. The van der Waals surface area contributed by atoms with Gasteiger partial charge in [-0.25, -0.2) is 0 Å². The van der Waals surface area contributed by atoms with Crippen LogP contribution in [0.4, 0.5) is 0 Å².